The molecule has 0 aliphatic carbocycles. The number of Topliss-reactive ketones (excluding diaryl/α,β-unsaturated/α-hetero) is 1. The number of hydrogen-bond acceptors (Lipinski definition) is 2. The van der Waals surface area contributed by atoms with E-state index < -0.39 is 5.97 Å². The molecule has 0 saturated heterocycles. The summed E-state index contributed by atoms with van der Waals surface area (Å²) in [6.07, 6.45) is 2.93. The van der Waals surface area contributed by atoms with Crippen molar-refractivity contribution in [2.75, 3.05) is 0 Å². The van der Waals surface area contributed by atoms with E-state index >= 15 is 0 Å². The van der Waals surface area contributed by atoms with Gasteiger partial charge in [0.1, 0.15) is 6.54 Å². The third-order valence-corrected chi connectivity index (χ3v) is 2.87. The fourth-order valence-corrected chi connectivity index (χ4v) is 2.11. The van der Waals surface area contributed by atoms with Crippen LogP contribution >= 0.6 is 0 Å². The molecule has 1 N–H and O–H groups in total. The van der Waals surface area contributed by atoms with Gasteiger partial charge in [0, 0.05) is 29.1 Å². The fraction of sp³-hybridized carbons (Fsp3) is 0.286. The summed E-state index contributed by atoms with van der Waals surface area (Å²) in [5.41, 5.74) is 1.41. The molecule has 0 fully saturated rings. The first-order chi connectivity index (χ1) is 8.63. The van der Waals surface area contributed by atoms with Gasteiger partial charge in [-0.15, -0.1) is 0 Å². The van der Waals surface area contributed by atoms with Crippen molar-refractivity contribution in [1.82, 2.24) is 4.57 Å². The minimum atomic E-state index is -0.912. The maximum atomic E-state index is 12.0. The van der Waals surface area contributed by atoms with Crippen molar-refractivity contribution in [1.29, 1.82) is 0 Å². The Hall–Kier alpha value is -2.10. The van der Waals surface area contributed by atoms with Crippen LogP contribution in [-0.2, 0) is 11.3 Å². The highest BCUT2D eigenvalue weighted by Gasteiger charge is 2.14. The molecule has 1 aromatic heterocycles. The summed E-state index contributed by atoms with van der Waals surface area (Å²) in [7, 11) is 0. The normalized spacial score (nSPS) is 10.7. The molecule has 94 valence electrons. The highest BCUT2D eigenvalue weighted by atomic mass is 16.4. The van der Waals surface area contributed by atoms with Gasteiger partial charge >= 0.3 is 5.97 Å². The fourth-order valence-electron chi connectivity index (χ4n) is 2.11. The third kappa shape index (κ3) is 2.27. The number of aliphatic carboxylic acids is 1. The Morgan fingerprint density at radius 2 is 2.00 bits per heavy atom. The molecule has 0 unspecified atom stereocenters. The number of nitrogens with zero attached hydrogens (tertiary/aromatic N) is 1. The zero-order valence-electron chi connectivity index (χ0n) is 10.2. The van der Waals surface area contributed by atoms with Crippen LogP contribution in [0.4, 0.5) is 0 Å². The summed E-state index contributed by atoms with van der Waals surface area (Å²) < 4.78 is 1.61. The summed E-state index contributed by atoms with van der Waals surface area (Å²) in [4.78, 5) is 22.8. The molecule has 18 heavy (non-hydrogen) atoms. The minimum absolute atomic E-state index is 0.0674. The topological polar surface area (TPSA) is 59.3 Å². The first-order valence-electron chi connectivity index (χ1n) is 5.96. The second-order valence-corrected chi connectivity index (χ2v) is 4.25. The number of benzene rings is 1. The van der Waals surface area contributed by atoms with Crippen molar-refractivity contribution in [2.24, 2.45) is 0 Å². The van der Waals surface area contributed by atoms with Gasteiger partial charge in [0.2, 0.25) is 0 Å². The standard InChI is InChI=1S/C14H15NO3/c1-2-5-13(16)11-8-15(9-14(17)18)12-7-4-3-6-10(11)12/h3-4,6-8H,2,5,9H2,1H3,(H,17,18). The second kappa shape index (κ2) is 5.04. The summed E-state index contributed by atoms with van der Waals surface area (Å²) in [6.45, 7) is 1.83. The van der Waals surface area contributed by atoms with E-state index in [-0.39, 0.29) is 12.3 Å². The summed E-state index contributed by atoms with van der Waals surface area (Å²) in [6, 6.07) is 7.39. The Balaban J connectivity index is 2.53. The molecule has 0 atom stereocenters. The number of carboxylic acid groups (broad SMARTS) is 1. The molecular formula is C14H15NO3. The van der Waals surface area contributed by atoms with E-state index in [0.29, 0.717) is 12.0 Å². The van der Waals surface area contributed by atoms with Crippen LogP contribution in [0.15, 0.2) is 30.5 Å². The van der Waals surface area contributed by atoms with Gasteiger partial charge < -0.3 is 9.67 Å². The Morgan fingerprint density at radius 1 is 1.28 bits per heavy atom. The number of hydrogen-bond donors (Lipinski definition) is 1. The molecule has 4 nitrogen and oxygen atoms in total. The van der Waals surface area contributed by atoms with Crippen molar-refractivity contribution < 1.29 is 14.7 Å². The highest BCUT2D eigenvalue weighted by Crippen LogP contribution is 2.22. The highest BCUT2D eigenvalue weighted by molar-refractivity contribution is 6.08. The third-order valence-electron chi connectivity index (χ3n) is 2.87. The van der Waals surface area contributed by atoms with E-state index in [0.717, 1.165) is 17.3 Å². The lowest BCUT2D eigenvalue weighted by Gasteiger charge is -1.99. The van der Waals surface area contributed by atoms with Gasteiger partial charge in [-0.3, -0.25) is 9.59 Å². The van der Waals surface area contributed by atoms with E-state index in [9.17, 15) is 9.59 Å². The first kappa shape index (κ1) is 12.4. The van der Waals surface area contributed by atoms with Gasteiger partial charge in [0.05, 0.1) is 0 Å². The van der Waals surface area contributed by atoms with Crippen LogP contribution < -0.4 is 0 Å². The number of para-hydroxylation sites is 1. The molecule has 0 aliphatic heterocycles. The minimum Gasteiger partial charge on any atom is -0.480 e. The lowest BCUT2D eigenvalue weighted by atomic mass is 10.1. The number of carbonyl (C=O) groups excluding carboxylic acids is 1. The van der Waals surface area contributed by atoms with Crippen LogP contribution in [-0.4, -0.2) is 21.4 Å². The van der Waals surface area contributed by atoms with Crippen LogP contribution in [0.2, 0.25) is 0 Å². The lowest BCUT2D eigenvalue weighted by molar-refractivity contribution is -0.137. The maximum absolute atomic E-state index is 12.0. The van der Waals surface area contributed by atoms with E-state index in [1.54, 1.807) is 10.8 Å². The number of aromatic nitrogens is 1. The molecule has 0 saturated carbocycles. The lowest BCUT2D eigenvalue weighted by Crippen LogP contribution is -2.07. The SMILES string of the molecule is CCCC(=O)c1cn(CC(=O)O)c2ccccc12. The van der Waals surface area contributed by atoms with Crippen LogP contribution in [0, 0.1) is 0 Å². The number of rotatable bonds is 5. The average Bonchev–Trinajstić information content (AvgIpc) is 2.68. The summed E-state index contributed by atoms with van der Waals surface area (Å²) in [5.74, 6) is -0.844. The molecule has 0 bridgehead atoms. The van der Waals surface area contributed by atoms with Crippen molar-refractivity contribution >= 4 is 22.7 Å². The molecule has 2 rings (SSSR count). The molecule has 1 heterocycles. The number of carbonyl (C=O) groups is 2. The van der Waals surface area contributed by atoms with Crippen LogP contribution in [0.5, 0.6) is 0 Å². The molecule has 0 spiro atoms. The molecular weight excluding hydrogens is 230 g/mol. The summed E-state index contributed by atoms with van der Waals surface area (Å²) in [5, 5.41) is 9.70. The van der Waals surface area contributed by atoms with E-state index in [1.807, 2.05) is 31.2 Å². The Labute approximate surface area is 105 Å². The smallest absolute Gasteiger partial charge is 0.323 e. The predicted molar refractivity (Wildman–Crippen MR) is 68.8 cm³/mol. The first-order valence-corrected chi connectivity index (χ1v) is 5.96. The maximum Gasteiger partial charge on any atom is 0.323 e. The van der Waals surface area contributed by atoms with E-state index in [4.69, 9.17) is 5.11 Å². The van der Waals surface area contributed by atoms with Crippen molar-refractivity contribution in [3.63, 3.8) is 0 Å². The zero-order valence-corrected chi connectivity index (χ0v) is 10.2. The van der Waals surface area contributed by atoms with Gasteiger partial charge in [-0.05, 0) is 12.5 Å². The molecule has 4 heteroatoms. The Bertz CT molecular complexity index is 598. The largest absolute Gasteiger partial charge is 0.480 e. The Kier molecular flexibility index (Phi) is 3.46. The van der Waals surface area contributed by atoms with E-state index in [1.165, 1.54) is 0 Å². The Morgan fingerprint density at radius 3 is 2.67 bits per heavy atom. The molecule has 1 aromatic carbocycles. The molecule has 2 aromatic rings. The number of ketones is 1. The number of carboxylic acids is 1. The second-order valence-electron chi connectivity index (χ2n) is 4.25. The summed E-state index contributed by atoms with van der Waals surface area (Å²) >= 11 is 0. The van der Waals surface area contributed by atoms with Crippen LogP contribution in [0.3, 0.4) is 0 Å². The van der Waals surface area contributed by atoms with Crippen molar-refractivity contribution in [2.45, 2.75) is 26.3 Å². The van der Waals surface area contributed by atoms with Gasteiger partial charge in [0.25, 0.3) is 0 Å². The number of fused-ring (bicyclic) bond motifs is 1. The molecule has 0 amide bonds. The molecule has 0 radical (unpaired) electrons. The van der Waals surface area contributed by atoms with Crippen LogP contribution in [0.1, 0.15) is 30.1 Å². The quantitative estimate of drug-likeness (QED) is 0.824. The van der Waals surface area contributed by atoms with Crippen molar-refractivity contribution in [3.8, 4) is 0 Å². The zero-order chi connectivity index (χ0) is 13.1. The average molecular weight is 245 g/mol. The van der Waals surface area contributed by atoms with Gasteiger partial charge in [0.15, 0.2) is 5.78 Å². The van der Waals surface area contributed by atoms with Crippen molar-refractivity contribution in [3.05, 3.63) is 36.0 Å². The van der Waals surface area contributed by atoms with Gasteiger partial charge in [-0.1, -0.05) is 25.1 Å². The van der Waals surface area contributed by atoms with Gasteiger partial charge in [-0.25, -0.2) is 0 Å². The molecule has 0 aliphatic rings. The monoisotopic (exact) mass is 245 g/mol. The predicted octanol–water partition coefficient (Wildman–Crippen LogP) is 2.71. The van der Waals surface area contributed by atoms with Crippen LogP contribution in [0.25, 0.3) is 10.9 Å². The van der Waals surface area contributed by atoms with Gasteiger partial charge in [-0.2, -0.15) is 0 Å². The van der Waals surface area contributed by atoms with E-state index in [2.05, 4.69) is 0 Å².